The smallest absolute Gasteiger partial charge is 0.251 e. The number of rotatable bonds is 7. The topological polar surface area (TPSA) is 128 Å². The van der Waals surface area contributed by atoms with Gasteiger partial charge < -0.3 is 15.4 Å². The Kier molecular flexibility index (Phi) is 6.45. The van der Waals surface area contributed by atoms with Crippen LogP contribution in [0.1, 0.15) is 10.4 Å². The predicted octanol–water partition coefficient (Wildman–Crippen LogP) is 2.49. The zero-order valence-electron chi connectivity index (χ0n) is 15.7. The van der Waals surface area contributed by atoms with Crippen LogP contribution in [0.2, 0.25) is 0 Å². The second kappa shape index (κ2) is 9.21. The third-order valence-electron chi connectivity index (χ3n) is 3.97. The Balaban J connectivity index is 1.50. The zero-order chi connectivity index (χ0) is 21.6. The van der Waals surface area contributed by atoms with E-state index in [-0.39, 0.29) is 11.4 Å². The lowest BCUT2D eigenvalue weighted by atomic mass is 10.2. The number of ether oxygens (including phenoxy) is 1. The van der Waals surface area contributed by atoms with Gasteiger partial charge in [-0.25, -0.2) is 13.6 Å². The second-order valence-electron chi connectivity index (χ2n) is 6.24. The van der Waals surface area contributed by atoms with E-state index in [0.29, 0.717) is 22.7 Å². The van der Waals surface area contributed by atoms with Crippen LogP contribution in [0.15, 0.2) is 83.8 Å². The van der Waals surface area contributed by atoms with E-state index in [2.05, 4.69) is 10.6 Å². The van der Waals surface area contributed by atoms with Gasteiger partial charge in [0.05, 0.1) is 11.4 Å². The normalized spacial score (nSPS) is 10.8. The minimum absolute atomic E-state index is 0.0616. The van der Waals surface area contributed by atoms with Crippen LogP contribution in [0.3, 0.4) is 0 Å². The van der Waals surface area contributed by atoms with Crippen LogP contribution in [0.5, 0.6) is 11.5 Å². The fourth-order valence-electron chi connectivity index (χ4n) is 2.49. The monoisotopic (exact) mass is 425 g/mol. The molecule has 0 spiro atoms. The number of nitrogens with one attached hydrogen (secondary N) is 2. The maximum atomic E-state index is 12.2. The zero-order valence-corrected chi connectivity index (χ0v) is 16.6. The number of carbonyl (C=O) groups excluding carboxylic acids is 2. The van der Waals surface area contributed by atoms with E-state index < -0.39 is 21.8 Å². The van der Waals surface area contributed by atoms with Crippen LogP contribution in [-0.2, 0) is 14.8 Å². The Morgan fingerprint density at radius 1 is 0.833 bits per heavy atom. The van der Waals surface area contributed by atoms with Crippen LogP contribution in [0, 0.1) is 0 Å². The highest BCUT2D eigenvalue weighted by atomic mass is 32.2. The summed E-state index contributed by atoms with van der Waals surface area (Å²) in [6, 6.07) is 21.1. The first-order chi connectivity index (χ1) is 14.3. The van der Waals surface area contributed by atoms with Gasteiger partial charge in [-0.15, -0.1) is 0 Å². The molecule has 0 bridgehead atoms. The Hall–Kier alpha value is -3.69. The highest BCUT2D eigenvalue weighted by Gasteiger charge is 2.10. The molecule has 0 aliphatic rings. The van der Waals surface area contributed by atoms with Crippen molar-refractivity contribution in [1.82, 2.24) is 5.32 Å². The van der Waals surface area contributed by atoms with Gasteiger partial charge in [0.1, 0.15) is 11.5 Å². The molecule has 0 heterocycles. The number of primary sulfonamides is 1. The minimum atomic E-state index is -3.80. The van der Waals surface area contributed by atoms with E-state index in [4.69, 9.17) is 9.88 Å². The lowest BCUT2D eigenvalue weighted by molar-refractivity contribution is -0.115. The first kappa shape index (κ1) is 21.0. The molecule has 4 N–H and O–H groups in total. The lowest BCUT2D eigenvalue weighted by Crippen LogP contribution is -2.32. The van der Waals surface area contributed by atoms with Crippen molar-refractivity contribution < 1.29 is 22.7 Å². The van der Waals surface area contributed by atoms with Crippen LogP contribution in [0.4, 0.5) is 5.69 Å². The van der Waals surface area contributed by atoms with Crippen molar-refractivity contribution in [2.45, 2.75) is 4.90 Å². The van der Waals surface area contributed by atoms with E-state index in [1.807, 2.05) is 30.3 Å². The van der Waals surface area contributed by atoms with Gasteiger partial charge in [-0.05, 0) is 60.7 Å². The summed E-state index contributed by atoms with van der Waals surface area (Å²) in [6.07, 6.45) is 0. The van der Waals surface area contributed by atoms with Gasteiger partial charge in [0.2, 0.25) is 15.9 Å². The molecule has 3 aromatic rings. The van der Waals surface area contributed by atoms with Crippen molar-refractivity contribution in [3.05, 3.63) is 84.4 Å². The van der Waals surface area contributed by atoms with Gasteiger partial charge in [-0.1, -0.05) is 18.2 Å². The summed E-state index contributed by atoms with van der Waals surface area (Å²) < 4.78 is 28.1. The molecule has 0 fully saturated rings. The summed E-state index contributed by atoms with van der Waals surface area (Å²) in [5.41, 5.74) is 0.754. The lowest BCUT2D eigenvalue weighted by Gasteiger charge is -2.09. The third kappa shape index (κ3) is 5.90. The molecule has 0 radical (unpaired) electrons. The Morgan fingerprint density at radius 2 is 1.43 bits per heavy atom. The number of anilines is 1. The molecular weight excluding hydrogens is 406 g/mol. The molecule has 0 aromatic heterocycles. The van der Waals surface area contributed by atoms with Crippen molar-refractivity contribution in [3.63, 3.8) is 0 Å². The van der Waals surface area contributed by atoms with Crippen LogP contribution < -0.4 is 20.5 Å². The van der Waals surface area contributed by atoms with Crippen LogP contribution in [0.25, 0.3) is 0 Å². The van der Waals surface area contributed by atoms with Gasteiger partial charge in [-0.3, -0.25) is 9.59 Å². The molecule has 0 saturated heterocycles. The first-order valence-electron chi connectivity index (χ1n) is 8.85. The summed E-state index contributed by atoms with van der Waals surface area (Å²) in [7, 11) is -3.80. The average Bonchev–Trinajstić information content (AvgIpc) is 2.73. The number of sulfonamides is 1. The Morgan fingerprint density at radius 3 is 2.03 bits per heavy atom. The van der Waals surface area contributed by atoms with Gasteiger partial charge in [0.15, 0.2) is 0 Å². The van der Waals surface area contributed by atoms with E-state index in [0.717, 1.165) is 0 Å². The van der Waals surface area contributed by atoms with E-state index in [1.165, 1.54) is 24.3 Å². The molecule has 30 heavy (non-hydrogen) atoms. The summed E-state index contributed by atoms with van der Waals surface area (Å²) >= 11 is 0. The van der Waals surface area contributed by atoms with Crippen molar-refractivity contribution in [3.8, 4) is 11.5 Å². The van der Waals surface area contributed by atoms with Gasteiger partial charge in [0.25, 0.3) is 5.91 Å². The minimum Gasteiger partial charge on any atom is -0.457 e. The number of hydrogen-bond donors (Lipinski definition) is 3. The molecule has 0 aliphatic carbocycles. The molecular formula is C21H19N3O5S. The standard InChI is InChI=1S/C21H19N3O5S/c22-30(27,28)19-12-8-16(9-13-19)24-20(25)14-23-21(26)15-6-10-18(11-7-15)29-17-4-2-1-3-5-17/h1-13H,14H2,(H,23,26)(H,24,25)(H2,22,27,28). The highest BCUT2D eigenvalue weighted by molar-refractivity contribution is 7.89. The molecule has 0 unspecified atom stereocenters. The average molecular weight is 425 g/mol. The third-order valence-corrected chi connectivity index (χ3v) is 4.90. The molecule has 3 aromatic carbocycles. The summed E-state index contributed by atoms with van der Waals surface area (Å²) in [4.78, 5) is 24.2. The Labute approximate surface area is 173 Å². The molecule has 154 valence electrons. The molecule has 0 atom stereocenters. The molecule has 0 aliphatic heterocycles. The maximum Gasteiger partial charge on any atom is 0.251 e. The van der Waals surface area contributed by atoms with Crippen molar-refractivity contribution >= 4 is 27.5 Å². The first-order valence-corrected chi connectivity index (χ1v) is 10.4. The second-order valence-corrected chi connectivity index (χ2v) is 7.80. The van der Waals surface area contributed by atoms with Crippen molar-refractivity contribution in [2.24, 2.45) is 5.14 Å². The quantitative estimate of drug-likeness (QED) is 0.536. The number of hydrogen-bond acceptors (Lipinski definition) is 5. The van der Waals surface area contributed by atoms with E-state index in [1.54, 1.807) is 24.3 Å². The number of nitrogens with two attached hydrogens (primary N) is 1. The van der Waals surface area contributed by atoms with Gasteiger partial charge in [-0.2, -0.15) is 0 Å². The van der Waals surface area contributed by atoms with E-state index in [9.17, 15) is 18.0 Å². The van der Waals surface area contributed by atoms with Gasteiger partial charge >= 0.3 is 0 Å². The number of amides is 2. The number of benzene rings is 3. The summed E-state index contributed by atoms with van der Waals surface area (Å²) in [5.74, 6) is 0.388. The summed E-state index contributed by atoms with van der Waals surface area (Å²) in [6.45, 7) is -0.252. The highest BCUT2D eigenvalue weighted by Crippen LogP contribution is 2.21. The van der Waals surface area contributed by atoms with Crippen LogP contribution in [-0.4, -0.2) is 26.8 Å². The van der Waals surface area contributed by atoms with Crippen molar-refractivity contribution in [1.29, 1.82) is 0 Å². The molecule has 8 nitrogen and oxygen atoms in total. The maximum absolute atomic E-state index is 12.2. The Bertz CT molecular complexity index is 1130. The molecule has 3 rings (SSSR count). The fraction of sp³-hybridized carbons (Fsp3) is 0.0476. The van der Waals surface area contributed by atoms with Crippen molar-refractivity contribution in [2.75, 3.05) is 11.9 Å². The predicted molar refractivity (Wildman–Crippen MR) is 112 cm³/mol. The molecule has 0 saturated carbocycles. The molecule has 2 amide bonds. The van der Waals surface area contributed by atoms with Crippen LogP contribution >= 0.6 is 0 Å². The van der Waals surface area contributed by atoms with Gasteiger partial charge in [0, 0.05) is 11.3 Å². The number of carbonyl (C=O) groups is 2. The number of para-hydroxylation sites is 1. The molecule has 9 heteroatoms. The summed E-state index contributed by atoms with van der Waals surface area (Å²) in [5, 5.41) is 10.1. The SMILES string of the molecule is NS(=O)(=O)c1ccc(NC(=O)CNC(=O)c2ccc(Oc3ccccc3)cc2)cc1. The van der Waals surface area contributed by atoms with E-state index >= 15 is 0 Å². The largest absolute Gasteiger partial charge is 0.457 e. The fourth-order valence-corrected chi connectivity index (χ4v) is 3.01.